The largest absolute Gasteiger partial charge is 0.198 e. The van der Waals surface area contributed by atoms with Gasteiger partial charge in [-0.3, -0.25) is 0 Å². The van der Waals surface area contributed by atoms with Gasteiger partial charge in [-0.2, -0.15) is 10.5 Å². The van der Waals surface area contributed by atoms with Gasteiger partial charge in [0.15, 0.2) is 0 Å². The van der Waals surface area contributed by atoms with Gasteiger partial charge in [-0.05, 0) is 104 Å². The highest BCUT2D eigenvalue weighted by Gasteiger charge is 2.59. The van der Waals surface area contributed by atoms with Gasteiger partial charge in [0.2, 0.25) is 0 Å². The Morgan fingerprint density at radius 1 is 0.871 bits per heavy atom. The van der Waals surface area contributed by atoms with E-state index < -0.39 is 0 Å². The van der Waals surface area contributed by atoms with Crippen LogP contribution in [0.2, 0.25) is 0 Å². The fraction of sp³-hybridized carbons (Fsp3) is 0.931. The quantitative estimate of drug-likeness (QED) is 0.372. The second-order valence-electron chi connectivity index (χ2n) is 12.5. The lowest BCUT2D eigenvalue weighted by Gasteiger charge is -2.59. The average Bonchev–Trinajstić information content (AvgIpc) is 3.09. The molecule has 3 aliphatic carbocycles. The molecule has 0 unspecified atom stereocenters. The van der Waals surface area contributed by atoms with Crippen LogP contribution >= 0.6 is 0 Å². The Morgan fingerprint density at radius 2 is 1.61 bits per heavy atom. The Labute approximate surface area is 193 Å². The van der Waals surface area contributed by atoms with Crippen LogP contribution in [0.1, 0.15) is 118 Å². The molecule has 0 spiro atoms. The summed E-state index contributed by atoms with van der Waals surface area (Å²) in [5.74, 6) is 5.76. The molecule has 0 radical (unpaired) electrons. The van der Waals surface area contributed by atoms with Gasteiger partial charge in [0.25, 0.3) is 0 Å². The van der Waals surface area contributed by atoms with Crippen molar-refractivity contribution in [3.05, 3.63) is 0 Å². The van der Waals surface area contributed by atoms with Crippen molar-refractivity contribution in [3.8, 4) is 12.1 Å². The summed E-state index contributed by atoms with van der Waals surface area (Å²) in [5, 5.41) is 18.6. The number of hydrogen-bond donors (Lipinski definition) is 0. The van der Waals surface area contributed by atoms with E-state index in [1.165, 1.54) is 57.8 Å². The van der Waals surface area contributed by atoms with Gasteiger partial charge >= 0.3 is 0 Å². The summed E-state index contributed by atoms with van der Waals surface area (Å²) in [6, 6.07) is 4.85. The molecule has 0 saturated heterocycles. The van der Waals surface area contributed by atoms with Crippen LogP contribution in [0.15, 0.2) is 0 Å². The Bertz CT molecular complexity index is 669. The lowest BCUT2D eigenvalue weighted by molar-refractivity contribution is -0.104. The summed E-state index contributed by atoms with van der Waals surface area (Å²) in [7, 11) is 0. The molecule has 0 aromatic rings. The zero-order valence-corrected chi connectivity index (χ0v) is 21.1. The summed E-state index contributed by atoms with van der Waals surface area (Å²) in [6.45, 7) is 12.4. The van der Waals surface area contributed by atoms with Gasteiger partial charge in [-0.25, -0.2) is 0 Å². The second-order valence-corrected chi connectivity index (χ2v) is 12.5. The van der Waals surface area contributed by atoms with E-state index in [0.29, 0.717) is 24.2 Å². The van der Waals surface area contributed by atoms with Crippen molar-refractivity contribution >= 4 is 0 Å². The smallest absolute Gasteiger partial charge is 0.0621 e. The minimum Gasteiger partial charge on any atom is -0.198 e. The zero-order chi connectivity index (χ0) is 22.6. The molecule has 174 valence electrons. The van der Waals surface area contributed by atoms with E-state index in [1.807, 2.05) is 0 Å². The Hall–Kier alpha value is -1.02. The monoisotopic (exact) mass is 424 g/mol. The predicted octanol–water partition coefficient (Wildman–Crippen LogP) is 8.53. The molecule has 0 amide bonds. The summed E-state index contributed by atoms with van der Waals surface area (Å²) in [4.78, 5) is 0. The maximum Gasteiger partial charge on any atom is 0.0621 e. The highest BCUT2D eigenvalue weighted by Crippen LogP contribution is 2.67. The van der Waals surface area contributed by atoms with Crippen LogP contribution in [0.25, 0.3) is 0 Å². The number of fused-ring (bicyclic) bond motifs is 3. The Kier molecular flexibility index (Phi) is 8.16. The van der Waals surface area contributed by atoms with Crippen LogP contribution in [0.5, 0.6) is 0 Å². The molecule has 2 heteroatoms. The van der Waals surface area contributed by atoms with E-state index in [4.69, 9.17) is 0 Å². The molecule has 3 rings (SSSR count). The van der Waals surface area contributed by atoms with Crippen LogP contribution in [-0.4, -0.2) is 0 Å². The molecule has 0 heterocycles. The summed E-state index contributed by atoms with van der Waals surface area (Å²) in [6.07, 6.45) is 15.9. The van der Waals surface area contributed by atoms with Gasteiger partial charge in [-0.1, -0.05) is 53.9 Å². The SMILES string of the molecule is CC(C)CCC[C@@H](C)[C@@H]1CC[C@H]2[C@H]3CC[C@@H](CCC#N)[C@@](C)(CCC#N)[C@@H]3CC[C@@]21C. The van der Waals surface area contributed by atoms with Crippen LogP contribution in [0, 0.1) is 74.9 Å². The third-order valence-electron chi connectivity index (χ3n) is 10.6. The van der Waals surface area contributed by atoms with Gasteiger partial charge in [0.05, 0.1) is 12.1 Å². The molecular formula is C29H48N2. The number of hydrogen-bond acceptors (Lipinski definition) is 2. The van der Waals surface area contributed by atoms with E-state index in [2.05, 4.69) is 46.8 Å². The van der Waals surface area contributed by atoms with Crippen LogP contribution in [0.3, 0.4) is 0 Å². The van der Waals surface area contributed by atoms with Crippen molar-refractivity contribution in [1.82, 2.24) is 0 Å². The first kappa shape index (κ1) is 24.6. The third kappa shape index (κ3) is 4.85. The molecule has 3 saturated carbocycles. The minimum absolute atomic E-state index is 0.262. The molecule has 0 aliphatic heterocycles. The predicted molar refractivity (Wildman–Crippen MR) is 129 cm³/mol. The molecule has 0 aromatic carbocycles. The van der Waals surface area contributed by atoms with Gasteiger partial charge in [0, 0.05) is 12.8 Å². The van der Waals surface area contributed by atoms with E-state index in [0.717, 1.165) is 48.3 Å². The first-order valence-electron chi connectivity index (χ1n) is 13.5. The Morgan fingerprint density at radius 3 is 2.29 bits per heavy atom. The topological polar surface area (TPSA) is 47.6 Å². The fourth-order valence-corrected chi connectivity index (χ4v) is 8.99. The van der Waals surface area contributed by atoms with Crippen molar-refractivity contribution in [2.75, 3.05) is 0 Å². The van der Waals surface area contributed by atoms with E-state index in [1.54, 1.807) is 0 Å². The molecule has 8 atom stereocenters. The van der Waals surface area contributed by atoms with Crippen molar-refractivity contribution < 1.29 is 0 Å². The minimum atomic E-state index is 0.262. The molecule has 3 fully saturated rings. The first-order chi connectivity index (χ1) is 14.8. The second kappa shape index (κ2) is 10.3. The molecular weight excluding hydrogens is 376 g/mol. The van der Waals surface area contributed by atoms with Gasteiger partial charge < -0.3 is 0 Å². The van der Waals surface area contributed by atoms with E-state index in [-0.39, 0.29) is 5.41 Å². The van der Waals surface area contributed by atoms with Gasteiger partial charge in [-0.15, -0.1) is 0 Å². The van der Waals surface area contributed by atoms with Crippen LogP contribution in [0.4, 0.5) is 0 Å². The highest BCUT2D eigenvalue weighted by atomic mass is 14.6. The van der Waals surface area contributed by atoms with Gasteiger partial charge in [0.1, 0.15) is 0 Å². The third-order valence-corrected chi connectivity index (χ3v) is 10.6. The molecule has 3 aliphatic rings. The number of nitriles is 2. The summed E-state index contributed by atoms with van der Waals surface area (Å²) >= 11 is 0. The normalized spacial score (nSPS) is 40.6. The molecule has 0 N–H and O–H groups in total. The maximum atomic E-state index is 9.36. The number of nitrogens with zero attached hydrogens (tertiary/aromatic N) is 2. The summed E-state index contributed by atoms with van der Waals surface area (Å²) < 4.78 is 0. The lowest BCUT2D eigenvalue weighted by Crippen LogP contribution is -2.52. The average molecular weight is 425 g/mol. The van der Waals surface area contributed by atoms with Crippen molar-refractivity contribution in [2.45, 2.75) is 118 Å². The maximum absolute atomic E-state index is 9.36. The Balaban J connectivity index is 1.75. The van der Waals surface area contributed by atoms with Crippen molar-refractivity contribution in [2.24, 2.45) is 52.3 Å². The standard InChI is InChI=1S/C29H48N2/c1-21(2)9-6-10-22(3)25-14-15-26-24-13-12-23(11-7-19-30)28(4,17-8-20-31)27(24)16-18-29(25,26)5/h21-27H,6-18H2,1-5H3/t22-,23-,24-,25+,26+,27-,28-,29-/m1/s1. The van der Waals surface area contributed by atoms with E-state index in [9.17, 15) is 10.5 Å². The lowest BCUT2D eigenvalue weighted by atomic mass is 9.45. The zero-order valence-electron chi connectivity index (χ0n) is 21.1. The number of rotatable bonds is 9. The molecule has 0 aromatic heterocycles. The molecule has 2 nitrogen and oxygen atoms in total. The highest BCUT2D eigenvalue weighted by molar-refractivity contribution is 5.09. The fourth-order valence-electron chi connectivity index (χ4n) is 8.99. The first-order valence-corrected chi connectivity index (χ1v) is 13.5. The summed E-state index contributed by atoms with van der Waals surface area (Å²) in [5.41, 5.74) is 0.797. The van der Waals surface area contributed by atoms with Crippen molar-refractivity contribution in [1.29, 1.82) is 10.5 Å². The van der Waals surface area contributed by atoms with Crippen LogP contribution in [-0.2, 0) is 0 Å². The molecule has 31 heavy (non-hydrogen) atoms. The van der Waals surface area contributed by atoms with E-state index >= 15 is 0 Å². The van der Waals surface area contributed by atoms with Crippen molar-refractivity contribution in [3.63, 3.8) is 0 Å². The molecule has 0 bridgehead atoms. The van der Waals surface area contributed by atoms with Crippen LogP contribution < -0.4 is 0 Å².